The zero-order chi connectivity index (χ0) is 10.2. The van der Waals surface area contributed by atoms with Gasteiger partial charge in [-0.05, 0) is 45.3 Å². The lowest BCUT2D eigenvalue weighted by atomic mass is 10.1. The summed E-state index contributed by atoms with van der Waals surface area (Å²) in [6, 6.07) is 0.709. The normalized spacial score (nSPS) is 24.9. The molecule has 3 N–H and O–H groups in total. The molecule has 1 saturated heterocycles. The lowest BCUT2D eigenvalue weighted by Gasteiger charge is -2.19. The van der Waals surface area contributed by atoms with Crippen LogP contribution in [0.2, 0.25) is 0 Å². The lowest BCUT2D eigenvalue weighted by molar-refractivity contribution is 0.283. The molecule has 3 heteroatoms. The summed E-state index contributed by atoms with van der Waals surface area (Å²) in [6.45, 7) is 7.80. The fraction of sp³-hybridized carbons (Fsp3) is 1.00. The summed E-state index contributed by atoms with van der Waals surface area (Å²) in [6.07, 6.45) is 5.23. The van der Waals surface area contributed by atoms with Crippen LogP contribution in [0.15, 0.2) is 0 Å². The highest BCUT2D eigenvalue weighted by atomic mass is 15.1. The Kier molecular flexibility index (Phi) is 6.15. The van der Waals surface area contributed by atoms with Crippen LogP contribution in [0.1, 0.15) is 32.6 Å². The van der Waals surface area contributed by atoms with Crippen LogP contribution in [0.3, 0.4) is 0 Å². The Morgan fingerprint density at radius 1 is 1.36 bits per heavy atom. The summed E-state index contributed by atoms with van der Waals surface area (Å²) in [5.74, 6) is 0. The molecule has 1 heterocycles. The Morgan fingerprint density at radius 2 is 2.21 bits per heavy atom. The van der Waals surface area contributed by atoms with E-state index in [1.54, 1.807) is 0 Å². The van der Waals surface area contributed by atoms with Crippen molar-refractivity contribution in [3.63, 3.8) is 0 Å². The molecule has 14 heavy (non-hydrogen) atoms. The van der Waals surface area contributed by atoms with Gasteiger partial charge in [-0.25, -0.2) is 0 Å². The summed E-state index contributed by atoms with van der Waals surface area (Å²) < 4.78 is 0. The average molecular weight is 199 g/mol. The molecule has 1 unspecified atom stereocenters. The number of hydrogen-bond donors (Lipinski definition) is 2. The summed E-state index contributed by atoms with van der Waals surface area (Å²) in [5.41, 5.74) is 5.49. The molecule has 1 fully saturated rings. The maximum Gasteiger partial charge on any atom is 0.00802 e. The number of nitrogens with one attached hydrogen (secondary N) is 1. The third-order valence-corrected chi connectivity index (χ3v) is 2.94. The van der Waals surface area contributed by atoms with Crippen LogP contribution in [0.5, 0.6) is 0 Å². The van der Waals surface area contributed by atoms with Crippen molar-refractivity contribution in [2.75, 3.05) is 32.7 Å². The molecule has 0 aromatic rings. The molecule has 0 amide bonds. The number of rotatable bonds is 5. The summed E-state index contributed by atoms with van der Waals surface area (Å²) in [4.78, 5) is 2.59. The predicted octanol–water partition coefficient (Wildman–Crippen LogP) is 0.799. The molecular formula is C11H25N3. The van der Waals surface area contributed by atoms with Crippen molar-refractivity contribution < 1.29 is 0 Å². The van der Waals surface area contributed by atoms with E-state index in [0.29, 0.717) is 6.04 Å². The average Bonchev–Trinajstić information content (AvgIpc) is 2.41. The number of nitrogens with two attached hydrogens (primary N) is 1. The quantitative estimate of drug-likeness (QED) is 0.688. The molecule has 1 rings (SSSR count). The number of hydrogen-bond acceptors (Lipinski definition) is 3. The van der Waals surface area contributed by atoms with E-state index in [4.69, 9.17) is 5.73 Å². The standard InChI is InChI=1S/C11H25N3/c1-2-8-14-9-3-4-11(5-10-14)13-7-6-12/h11,13H,2-10,12H2,1H3. The molecule has 1 aliphatic rings. The van der Waals surface area contributed by atoms with Crippen molar-refractivity contribution in [2.24, 2.45) is 5.73 Å². The monoisotopic (exact) mass is 199 g/mol. The molecule has 0 aromatic heterocycles. The third kappa shape index (κ3) is 4.40. The zero-order valence-corrected chi connectivity index (χ0v) is 9.47. The second-order valence-electron chi connectivity index (χ2n) is 4.21. The van der Waals surface area contributed by atoms with Gasteiger partial charge in [0.15, 0.2) is 0 Å². The molecule has 0 aliphatic carbocycles. The predicted molar refractivity (Wildman–Crippen MR) is 61.4 cm³/mol. The van der Waals surface area contributed by atoms with E-state index in [-0.39, 0.29) is 0 Å². The summed E-state index contributed by atoms with van der Waals surface area (Å²) in [7, 11) is 0. The van der Waals surface area contributed by atoms with Gasteiger partial charge in [0, 0.05) is 19.1 Å². The van der Waals surface area contributed by atoms with E-state index in [2.05, 4.69) is 17.1 Å². The molecule has 0 radical (unpaired) electrons. The minimum absolute atomic E-state index is 0.709. The third-order valence-electron chi connectivity index (χ3n) is 2.94. The molecule has 3 nitrogen and oxygen atoms in total. The Hall–Kier alpha value is -0.120. The maximum absolute atomic E-state index is 5.49. The van der Waals surface area contributed by atoms with Crippen molar-refractivity contribution in [1.29, 1.82) is 0 Å². The van der Waals surface area contributed by atoms with Gasteiger partial charge >= 0.3 is 0 Å². The smallest absolute Gasteiger partial charge is 0.00802 e. The Morgan fingerprint density at radius 3 is 2.93 bits per heavy atom. The summed E-state index contributed by atoms with van der Waals surface area (Å²) in [5, 5.41) is 3.52. The first-order chi connectivity index (χ1) is 6.86. The van der Waals surface area contributed by atoms with Crippen LogP contribution in [0.4, 0.5) is 0 Å². The van der Waals surface area contributed by atoms with E-state index in [9.17, 15) is 0 Å². The number of likely N-dealkylation sites (tertiary alicyclic amines) is 1. The van der Waals surface area contributed by atoms with E-state index < -0.39 is 0 Å². The minimum Gasteiger partial charge on any atom is -0.329 e. The van der Waals surface area contributed by atoms with E-state index in [1.807, 2.05) is 0 Å². The summed E-state index contributed by atoms with van der Waals surface area (Å²) >= 11 is 0. The molecule has 1 aliphatic heterocycles. The van der Waals surface area contributed by atoms with Gasteiger partial charge in [-0.15, -0.1) is 0 Å². The van der Waals surface area contributed by atoms with Gasteiger partial charge in [0.2, 0.25) is 0 Å². The lowest BCUT2D eigenvalue weighted by Crippen LogP contribution is -2.34. The fourth-order valence-corrected chi connectivity index (χ4v) is 2.19. The van der Waals surface area contributed by atoms with E-state index >= 15 is 0 Å². The topological polar surface area (TPSA) is 41.3 Å². The van der Waals surface area contributed by atoms with E-state index in [0.717, 1.165) is 13.1 Å². The molecule has 0 bridgehead atoms. The van der Waals surface area contributed by atoms with Gasteiger partial charge in [-0.3, -0.25) is 0 Å². The molecule has 0 aromatic carbocycles. The van der Waals surface area contributed by atoms with Crippen LogP contribution in [-0.2, 0) is 0 Å². The Labute approximate surface area is 88.0 Å². The first kappa shape index (κ1) is 12.0. The first-order valence-corrected chi connectivity index (χ1v) is 6.02. The molecular weight excluding hydrogens is 174 g/mol. The fourth-order valence-electron chi connectivity index (χ4n) is 2.19. The van der Waals surface area contributed by atoms with Crippen LogP contribution >= 0.6 is 0 Å². The number of nitrogens with zero attached hydrogens (tertiary/aromatic N) is 1. The van der Waals surface area contributed by atoms with Gasteiger partial charge in [-0.2, -0.15) is 0 Å². The molecule has 0 spiro atoms. The first-order valence-electron chi connectivity index (χ1n) is 6.02. The van der Waals surface area contributed by atoms with Crippen molar-refractivity contribution in [3.05, 3.63) is 0 Å². The van der Waals surface area contributed by atoms with Crippen molar-refractivity contribution in [1.82, 2.24) is 10.2 Å². The van der Waals surface area contributed by atoms with Crippen molar-refractivity contribution >= 4 is 0 Å². The SMILES string of the molecule is CCCN1CCCC(NCCN)CC1. The van der Waals surface area contributed by atoms with Gasteiger partial charge < -0.3 is 16.0 Å². The Bertz CT molecular complexity index is 138. The van der Waals surface area contributed by atoms with Crippen LogP contribution < -0.4 is 11.1 Å². The Balaban J connectivity index is 2.19. The van der Waals surface area contributed by atoms with Crippen LogP contribution in [0, 0.1) is 0 Å². The van der Waals surface area contributed by atoms with Crippen LogP contribution in [-0.4, -0.2) is 43.7 Å². The zero-order valence-electron chi connectivity index (χ0n) is 9.47. The molecule has 84 valence electrons. The highest BCUT2D eigenvalue weighted by Crippen LogP contribution is 2.10. The highest BCUT2D eigenvalue weighted by Gasteiger charge is 2.15. The second-order valence-corrected chi connectivity index (χ2v) is 4.21. The highest BCUT2D eigenvalue weighted by molar-refractivity contribution is 4.74. The van der Waals surface area contributed by atoms with Gasteiger partial charge in [0.1, 0.15) is 0 Å². The van der Waals surface area contributed by atoms with Crippen molar-refractivity contribution in [3.8, 4) is 0 Å². The molecule has 0 saturated carbocycles. The second kappa shape index (κ2) is 7.21. The minimum atomic E-state index is 0.709. The maximum atomic E-state index is 5.49. The molecule has 1 atom stereocenters. The largest absolute Gasteiger partial charge is 0.329 e. The van der Waals surface area contributed by atoms with E-state index in [1.165, 1.54) is 45.3 Å². The van der Waals surface area contributed by atoms with Crippen molar-refractivity contribution in [2.45, 2.75) is 38.6 Å². The van der Waals surface area contributed by atoms with Gasteiger partial charge in [0.25, 0.3) is 0 Å². The van der Waals surface area contributed by atoms with Gasteiger partial charge in [-0.1, -0.05) is 6.92 Å². The van der Waals surface area contributed by atoms with Gasteiger partial charge in [0.05, 0.1) is 0 Å². The van der Waals surface area contributed by atoms with Crippen LogP contribution in [0.25, 0.3) is 0 Å².